The van der Waals surface area contributed by atoms with Crippen molar-refractivity contribution in [2.75, 3.05) is 13.6 Å². The summed E-state index contributed by atoms with van der Waals surface area (Å²) in [6, 6.07) is 13.8. The molecule has 0 bridgehead atoms. The van der Waals surface area contributed by atoms with E-state index in [9.17, 15) is 9.90 Å². The van der Waals surface area contributed by atoms with E-state index >= 15 is 0 Å². The van der Waals surface area contributed by atoms with E-state index in [1.165, 1.54) is 4.88 Å². The summed E-state index contributed by atoms with van der Waals surface area (Å²) in [5.74, 6) is -1.27. The maximum atomic E-state index is 11.5. The van der Waals surface area contributed by atoms with Gasteiger partial charge < -0.3 is 5.11 Å². The van der Waals surface area contributed by atoms with E-state index in [-0.39, 0.29) is 6.04 Å². The first-order valence-electron chi connectivity index (χ1n) is 6.61. The van der Waals surface area contributed by atoms with Crippen molar-refractivity contribution in [3.8, 4) is 0 Å². The highest BCUT2D eigenvalue weighted by Crippen LogP contribution is 2.26. The second-order valence-electron chi connectivity index (χ2n) is 4.93. The molecular weight excluding hydrogens is 270 g/mol. The minimum absolute atomic E-state index is 0.223. The molecule has 20 heavy (non-hydrogen) atoms. The van der Waals surface area contributed by atoms with Gasteiger partial charge in [-0.25, -0.2) is 0 Å². The molecule has 2 aromatic rings. The fourth-order valence-corrected chi connectivity index (χ4v) is 3.05. The Labute approximate surface area is 123 Å². The Morgan fingerprint density at radius 3 is 2.50 bits per heavy atom. The normalized spacial score (nSPS) is 14.2. The maximum absolute atomic E-state index is 11.5. The van der Waals surface area contributed by atoms with Gasteiger partial charge in [-0.05, 0) is 31.0 Å². The van der Waals surface area contributed by atoms with Crippen molar-refractivity contribution < 1.29 is 9.90 Å². The van der Waals surface area contributed by atoms with E-state index in [4.69, 9.17) is 0 Å². The summed E-state index contributed by atoms with van der Waals surface area (Å²) in [7, 11) is 1.98. The average molecular weight is 289 g/mol. The summed E-state index contributed by atoms with van der Waals surface area (Å²) in [5, 5.41) is 11.5. The molecule has 1 aromatic heterocycles. The Morgan fingerprint density at radius 2 is 1.95 bits per heavy atom. The average Bonchev–Trinajstić information content (AvgIpc) is 2.98. The largest absolute Gasteiger partial charge is 0.481 e. The highest BCUT2D eigenvalue weighted by molar-refractivity contribution is 7.10. The first-order valence-corrected chi connectivity index (χ1v) is 7.49. The van der Waals surface area contributed by atoms with Crippen molar-refractivity contribution in [2.24, 2.45) is 0 Å². The third kappa shape index (κ3) is 3.46. The van der Waals surface area contributed by atoms with Crippen molar-refractivity contribution in [3.63, 3.8) is 0 Å². The van der Waals surface area contributed by atoms with E-state index in [0.29, 0.717) is 6.54 Å². The summed E-state index contributed by atoms with van der Waals surface area (Å²) in [4.78, 5) is 14.9. The standard InChI is InChI=1S/C16H19NO2S/c1-12(15-9-6-10-20-15)17(2)11-14(16(18)19)13-7-4-3-5-8-13/h3-10,12,14H,11H2,1-2H3,(H,18,19). The Morgan fingerprint density at radius 1 is 1.25 bits per heavy atom. The lowest BCUT2D eigenvalue weighted by atomic mass is 9.98. The van der Waals surface area contributed by atoms with Crippen LogP contribution in [0.4, 0.5) is 0 Å². The van der Waals surface area contributed by atoms with Gasteiger partial charge in [0.25, 0.3) is 0 Å². The number of carbonyl (C=O) groups is 1. The van der Waals surface area contributed by atoms with Gasteiger partial charge in [0.05, 0.1) is 5.92 Å². The summed E-state index contributed by atoms with van der Waals surface area (Å²) in [6.07, 6.45) is 0. The van der Waals surface area contributed by atoms with Crippen molar-refractivity contribution in [1.29, 1.82) is 0 Å². The molecule has 0 aliphatic carbocycles. The van der Waals surface area contributed by atoms with E-state index < -0.39 is 11.9 Å². The molecule has 0 saturated heterocycles. The fraction of sp³-hybridized carbons (Fsp3) is 0.312. The molecular formula is C16H19NO2S. The molecule has 1 N–H and O–H groups in total. The summed E-state index contributed by atoms with van der Waals surface area (Å²) in [6.45, 7) is 2.61. The minimum Gasteiger partial charge on any atom is -0.481 e. The van der Waals surface area contributed by atoms with Gasteiger partial charge in [-0.15, -0.1) is 11.3 Å². The molecule has 2 unspecified atom stereocenters. The van der Waals surface area contributed by atoms with Crippen LogP contribution in [-0.4, -0.2) is 29.6 Å². The third-order valence-electron chi connectivity index (χ3n) is 3.59. The van der Waals surface area contributed by atoms with Crippen molar-refractivity contribution in [3.05, 3.63) is 58.3 Å². The molecule has 4 heteroatoms. The second-order valence-corrected chi connectivity index (χ2v) is 5.91. The molecule has 0 amide bonds. The Bertz CT molecular complexity index is 539. The summed E-state index contributed by atoms with van der Waals surface area (Å²) in [5.41, 5.74) is 0.852. The van der Waals surface area contributed by atoms with Crippen LogP contribution in [0.2, 0.25) is 0 Å². The van der Waals surface area contributed by atoms with Gasteiger partial charge >= 0.3 is 5.97 Å². The van der Waals surface area contributed by atoms with Gasteiger partial charge in [-0.3, -0.25) is 9.69 Å². The summed E-state index contributed by atoms with van der Waals surface area (Å²) < 4.78 is 0. The van der Waals surface area contributed by atoms with Crippen LogP contribution in [-0.2, 0) is 4.79 Å². The lowest BCUT2D eigenvalue weighted by molar-refractivity contribution is -0.139. The zero-order valence-electron chi connectivity index (χ0n) is 11.7. The van der Waals surface area contributed by atoms with Gasteiger partial charge in [0.1, 0.15) is 0 Å². The van der Waals surface area contributed by atoms with Gasteiger partial charge in [0.2, 0.25) is 0 Å². The predicted octanol–water partition coefficient (Wildman–Crippen LogP) is 3.61. The van der Waals surface area contributed by atoms with Crippen LogP contribution in [0.5, 0.6) is 0 Å². The lowest BCUT2D eigenvalue weighted by Crippen LogP contribution is -2.30. The molecule has 0 fully saturated rings. The monoisotopic (exact) mass is 289 g/mol. The van der Waals surface area contributed by atoms with E-state index in [1.54, 1.807) is 11.3 Å². The molecule has 0 spiro atoms. The summed E-state index contributed by atoms with van der Waals surface area (Å²) >= 11 is 1.70. The molecule has 3 nitrogen and oxygen atoms in total. The minimum atomic E-state index is -0.776. The maximum Gasteiger partial charge on any atom is 0.312 e. The number of carboxylic acids is 1. The first-order chi connectivity index (χ1) is 9.59. The number of hydrogen-bond donors (Lipinski definition) is 1. The van der Waals surface area contributed by atoms with Crippen molar-refractivity contribution in [1.82, 2.24) is 4.90 Å². The van der Waals surface area contributed by atoms with Crippen LogP contribution in [0.25, 0.3) is 0 Å². The Hall–Kier alpha value is -1.65. The van der Waals surface area contributed by atoms with Crippen molar-refractivity contribution in [2.45, 2.75) is 18.9 Å². The second kappa shape index (κ2) is 6.68. The number of benzene rings is 1. The molecule has 0 radical (unpaired) electrons. The molecule has 2 atom stereocenters. The van der Waals surface area contributed by atoms with Crippen LogP contribution >= 0.6 is 11.3 Å². The first kappa shape index (κ1) is 14.8. The Balaban J connectivity index is 2.11. The SMILES string of the molecule is CC(c1cccs1)N(C)CC(C(=O)O)c1ccccc1. The zero-order valence-corrected chi connectivity index (χ0v) is 12.5. The molecule has 0 saturated carbocycles. The number of carboxylic acid groups (broad SMARTS) is 1. The van der Waals surface area contributed by atoms with Crippen LogP contribution in [0, 0.1) is 0 Å². The zero-order chi connectivity index (χ0) is 14.5. The quantitative estimate of drug-likeness (QED) is 0.883. The van der Waals surface area contributed by atoms with Crippen LogP contribution in [0.15, 0.2) is 47.8 Å². The molecule has 106 valence electrons. The molecule has 2 rings (SSSR count). The van der Waals surface area contributed by atoms with Gasteiger partial charge in [-0.2, -0.15) is 0 Å². The number of hydrogen-bond acceptors (Lipinski definition) is 3. The number of nitrogens with zero attached hydrogens (tertiary/aromatic N) is 1. The van der Waals surface area contributed by atoms with Gasteiger partial charge in [0.15, 0.2) is 0 Å². The van der Waals surface area contributed by atoms with Gasteiger partial charge in [-0.1, -0.05) is 36.4 Å². The molecule has 0 aliphatic rings. The molecule has 0 aliphatic heterocycles. The molecule has 1 heterocycles. The van der Waals surface area contributed by atoms with Crippen LogP contribution in [0.1, 0.15) is 29.3 Å². The number of likely N-dealkylation sites (N-methyl/N-ethyl adjacent to an activating group) is 1. The fourth-order valence-electron chi connectivity index (χ4n) is 2.20. The van der Waals surface area contributed by atoms with Crippen LogP contribution in [0.3, 0.4) is 0 Å². The smallest absolute Gasteiger partial charge is 0.312 e. The number of thiophene rings is 1. The third-order valence-corrected chi connectivity index (χ3v) is 4.63. The highest BCUT2D eigenvalue weighted by atomic mass is 32.1. The molecule has 1 aromatic carbocycles. The van der Waals surface area contributed by atoms with Crippen molar-refractivity contribution >= 4 is 17.3 Å². The van der Waals surface area contributed by atoms with E-state index in [1.807, 2.05) is 48.8 Å². The van der Waals surface area contributed by atoms with E-state index in [2.05, 4.69) is 17.9 Å². The highest BCUT2D eigenvalue weighted by Gasteiger charge is 2.24. The topological polar surface area (TPSA) is 40.5 Å². The predicted molar refractivity (Wildman–Crippen MR) is 82.2 cm³/mol. The Kier molecular flexibility index (Phi) is 4.93. The van der Waals surface area contributed by atoms with E-state index in [0.717, 1.165) is 5.56 Å². The number of rotatable bonds is 6. The van der Waals surface area contributed by atoms with Crippen LogP contribution < -0.4 is 0 Å². The van der Waals surface area contributed by atoms with Gasteiger partial charge in [0, 0.05) is 17.5 Å². The number of aliphatic carboxylic acids is 1. The lowest BCUT2D eigenvalue weighted by Gasteiger charge is -2.27.